The van der Waals surface area contributed by atoms with Crippen LogP contribution >= 0.6 is 12.6 Å². The first-order valence-electron chi connectivity index (χ1n) is 2.70. The first-order valence-corrected chi connectivity index (χ1v) is 3.14. The molecule has 3 N–H and O–H groups in total. The molecule has 0 saturated heterocycles. The normalized spacial score (nSPS) is 9.50. The summed E-state index contributed by atoms with van der Waals surface area (Å²) in [7, 11) is 0. The molecule has 10 heavy (non-hydrogen) atoms. The molecule has 0 aromatic heterocycles. The summed E-state index contributed by atoms with van der Waals surface area (Å²) in [6.45, 7) is 0. The quantitative estimate of drug-likeness (QED) is 0.328. The van der Waals surface area contributed by atoms with Crippen LogP contribution in [0.3, 0.4) is 0 Å². The van der Waals surface area contributed by atoms with Gasteiger partial charge in [-0.3, -0.25) is 5.84 Å². The largest absolute Gasteiger partial charge is 0.321 e. The molecule has 0 saturated carbocycles. The molecule has 2 nitrogen and oxygen atoms in total. The Bertz CT molecular complexity index is 219. The van der Waals surface area contributed by atoms with Crippen molar-refractivity contribution >= 4 is 18.3 Å². The highest BCUT2D eigenvalue weighted by Crippen LogP contribution is 2.21. The lowest BCUT2D eigenvalue weighted by atomic mass is 10.3. The molecule has 0 heterocycles. The van der Waals surface area contributed by atoms with Gasteiger partial charge < -0.3 is 5.43 Å². The number of rotatable bonds is 1. The average Bonchev–Trinajstić information content (AvgIpc) is 1.88. The first kappa shape index (κ1) is 7.37. The van der Waals surface area contributed by atoms with Gasteiger partial charge >= 0.3 is 0 Å². The Morgan fingerprint density at radius 3 is 2.60 bits per heavy atom. The van der Waals surface area contributed by atoms with Crippen molar-refractivity contribution in [2.75, 3.05) is 5.43 Å². The van der Waals surface area contributed by atoms with Crippen molar-refractivity contribution in [1.29, 1.82) is 0 Å². The van der Waals surface area contributed by atoms with Crippen LogP contribution in [0.4, 0.5) is 10.1 Å². The monoisotopic (exact) mass is 158 g/mol. The number of anilines is 1. The highest BCUT2D eigenvalue weighted by Gasteiger charge is 2.01. The number of benzene rings is 1. The fraction of sp³-hybridized carbons (Fsp3) is 0. The van der Waals surface area contributed by atoms with Crippen LogP contribution < -0.4 is 11.3 Å². The number of nitrogen functional groups attached to an aromatic ring is 1. The number of thiol groups is 1. The van der Waals surface area contributed by atoms with Crippen LogP contribution in [0.1, 0.15) is 0 Å². The molecule has 0 atom stereocenters. The summed E-state index contributed by atoms with van der Waals surface area (Å²) in [4.78, 5) is 0.502. The fourth-order valence-electron chi connectivity index (χ4n) is 0.656. The Morgan fingerprint density at radius 2 is 2.20 bits per heavy atom. The van der Waals surface area contributed by atoms with E-state index in [0.29, 0.717) is 4.90 Å². The summed E-state index contributed by atoms with van der Waals surface area (Å²) in [6.07, 6.45) is 0. The molecule has 0 radical (unpaired) electrons. The lowest BCUT2D eigenvalue weighted by Gasteiger charge is -2.03. The van der Waals surface area contributed by atoms with Gasteiger partial charge in [0, 0.05) is 4.90 Å². The molecular weight excluding hydrogens is 151 g/mol. The highest BCUT2D eigenvalue weighted by atomic mass is 32.1. The Labute approximate surface area is 63.6 Å². The third-order valence-corrected chi connectivity index (χ3v) is 1.51. The van der Waals surface area contributed by atoms with Crippen LogP contribution in [0, 0.1) is 5.82 Å². The van der Waals surface area contributed by atoms with E-state index in [-0.39, 0.29) is 5.69 Å². The molecule has 0 aliphatic rings. The van der Waals surface area contributed by atoms with Gasteiger partial charge in [-0.2, -0.15) is 0 Å². The van der Waals surface area contributed by atoms with Crippen LogP contribution in [0.15, 0.2) is 23.1 Å². The SMILES string of the molecule is NNc1c(F)cccc1S. The van der Waals surface area contributed by atoms with Crippen LogP contribution in [0.2, 0.25) is 0 Å². The van der Waals surface area contributed by atoms with Crippen LogP contribution in [-0.4, -0.2) is 0 Å². The summed E-state index contributed by atoms with van der Waals surface area (Å²) < 4.78 is 12.7. The minimum Gasteiger partial charge on any atom is -0.321 e. The predicted molar refractivity (Wildman–Crippen MR) is 41.5 cm³/mol. The zero-order chi connectivity index (χ0) is 7.56. The third-order valence-electron chi connectivity index (χ3n) is 1.14. The Morgan fingerprint density at radius 1 is 1.50 bits per heavy atom. The van der Waals surface area contributed by atoms with Crippen molar-refractivity contribution in [3.8, 4) is 0 Å². The van der Waals surface area contributed by atoms with Gasteiger partial charge in [0.15, 0.2) is 0 Å². The number of para-hydroxylation sites is 1. The molecule has 0 aliphatic carbocycles. The number of nitrogens with one attached hydrogen (secondary N) is 1. The molecule has 1 rings (SSSR count). The van der Waals surface area contributed by atoms with Crippen molar-refractivity contribution in [2.45, 2.75) is 4.90 Å². The van der Waals surface area contributed by atoms with E-state index in [9.17, 15) is 4.39 Å². The maximum Gasteiger partial charge on any atom is 0.148 e. The molecule has 0 unspecified atom stereocenters. The molecule has 4 heteroatoms. The van der Waals surface area contributed by atoms with Crippen LogP contribution in [-0.2, 0) is 0 Å². The second-order valence-corrected chi connectivity index (χ2v) is 2.26. The van der Waals surface area contributed by atoms with Crippen molar-refractivity contribution < 1.29 is 4.39 Å². The van der Waals surface area contributed by atoms with Crippen LogP contribution in [0.25, 0.3) is 0 Å². The maximum atomic E-state index is 12.7. The smallest absolute Gasteiger partial charge is 0.148 e. The molecule has 0 spiro atoms. The summed E-state index contributed by atoms with van der Waals surface area (Å²) in [5, 5.41) is 0. The van der Waals surface area contributed by atoms with Gasteiger partial charge in [-0.1, -0.05) is 6.07 Å². The van der Waals surface area contributed by atoms with Crippen molar-refractivity contribution in [2.24, 2.45) is 5.84 Å². The van der Waals surface area contributed by atoms with Gasteiger partial charge in [0.2, 0.25) is 0 Å². The Kier molecular flexibility index (Phi) is 2.13. The Balaban J connectivity index is 3.17. The summed E-state index contributed by atoms with van der Waals surface area (Å²) in [5.74, 6) is 4.62. The first-order chi connectivity index (χ1) is 4.75. The molecule has 54 valence electrons. The van der Waals surface area contributed by atoms with E-state index in [1.165, 1.54) is 6.07 Å². The van der Waals surface area contributed by atoms with E-state index in [1.54, 1.807) is 12.1 Å². The lowest BCUT2D eigenvalue weighted by molar-refractivity contribution is 0.627. The summed E-state index contributed by atoms with van der Waals surface area (Å²) in [5.41, 5.74) is 2.44. The second kappa shape index (κ2) is 2.90. The number of hydrogen-bond donors (Lipinski definition) is 3. The second-order valence-electron chi connectivity index (χ2n) is 1.78. The number of halogens is 1. The van der Waals surface area contributed by atoms with E-state index >= 15 is 0 Å². The summed E-state index contributed by atoms with van der Waals surface area (Å²) >= 11 is 3.97. The number of hydrazine groups is 1. The third kappa shape index (κ3) is 1.22. The molecule has 0 amide bonds. The maximum absolute atomic E-state index is 12.7. The molecule has 0 aliphatic heterocycles. The molecule has 1 aromatic rings. The molecule has 1 aromatic carbocycles. The molecule has 0 bridgehead atoms. The van der Waals surface area contributed by atoms with E-state index in [4.69, 9.17) is 5.84 Å². The van der Waals surface area contributed by atoms with Crippen molar-refractivity contribution in [3.63, 3.8) is 0 Å². The summed E-state index contributed by atoms with van der Waals surface area (Å²) in [6, 6.07) is 4.54. The van der Waals surface area contributed by atoms with Gasteiger partial charge in [-0.25, -0.2) is 4.39 Å². The van der Waals surface area contributed by atoms with E-state index in [2.05, 4.69) is 18.1 Å². The number of hydrogen-bond acceptors (Lipinski definition) is 3. The van der Waals surface area contributed by atoms with Gasteiger partial charge in [0.25, 0.3) is 0 Å². The standard InChI is InChI=1S/C6H7FN2S/c7-4-2-1-3-5(10)6(4)9-8/h1-3,9-10H,8H2. The van der Waals surface area contributed by atoms with E-state index < -0.39 is 5.82 Å². The van der Waals surface area contributed by atoms with Crippen molar-refractivity contribution in [3.05, 3.63) is 24.0 Å². The number of nitrogens with two attached hydrogens (primary N) is 1. The fourth-order valence-corrected chi connectivity index (χ4v) is 0.913. The molecular formula is C6H7FN2S. The van der Waals surface area contributed by atoms with Gasteiger partial charge in [-0.15, -0.1) is 12.6 Å². The average molecular weight is 158 g/mol. The zero-order valence-corrected chi connectivity index (χ0v) is 6.03. The van der Waals surface area contributed by atoms with E-state index in [0.717, 1.165) is 0 Å². The minimum absolute atomic E-state index is 0.228. The zero-order valence-electron chi connectivity index (χ0n) is 5.13. The lowest BCUT2D eigenvalue weighted by Crippen LogP contribution is -2.09. The van der Waals surface area contributed by atoms with Crippen molar-refractivity contribution in [1.82, 2.24) is 0 Å². The van der Waals surface area contributed by atoms with Crippen LogP contribution in [0.5, 0.6) is 0 Å². The predicted octanol–water partition coefficient (Wildman–Crippen LogP) is 1.40. The minimum atomic E-state index is -0.394. The van der Waals surface area contributed by atoms with Gasteiger partial charge in [-0.05, 0) is 12.1 Å². The Hall–Kier alpha value is -0.740. The molecule has 0 fully saturated rings. The van der Waals surface area contributed by atoms with Gasteiger partial charge in [0.1, 0.15) is 5.82 Å². The topological polar surface area (TPSA) is 38.0 Å². The van der Waals surface area contributed by atoms with E-state index in [1.807, 2.05) is 0 Å². The van der Waals surface area contributed by atoms with Gasteiger partial charge in [0.05, 0.1) is 5.69 Å². The highest BCUT2D eigenvalue weighted by molar-refractivity contribution is 7.80.